The second-order valence-corrected chi connectivity index (χ2v) is 5.39. The molecular weight excluding hydrogens is 158 g/mol. The highest BCUT2D eigenvalue weighted by Crippen LogP contribution is 2.43. The predicted molar refractivity (Wildman–Crippen MR) is 56.6 cm³/mol. The van der Waals surface area contributed by atoms with E-state index in [9.17, 15) is 0 Å². The molecule has 2 bridgehead atoms. The second kappa shape index (κ2) is 2.84. The first-order valence-corrected chi connectivity index (χ1v) is 5.46. The van der Waals surface area contributed by atoms with Crippen molar-refractivity contribution in [2.24, 2.45) is 11.8 Å². The Balaban J connectivity index is 2.21. The molecule has 1 heterocycles. The molecular formula is C12H21N. The number of hydrogen-bond donors (Lipinski definition) is 1. The molecule has 2 aliphatic rings. The van der Waals surface area contributed by atoms with Crippen LogP contribution in [0.1, 0.15) is 40.0 Å². The molecule has 2 fully saturated rings. The van der Waals surface area contributed by atoms with Gasteiger partial charge in [-0.1, -0.05) is 12.2 Å². The van der Waals surface area contributed by atoms with E-state index in [1.165, 1.54) is 24.8 Å². The summed E-state index contributed by atoms with van der Waals surface area (Å²) in [5.74, 6) is 1.60. The Morgan fingerprint density at radius 1 is 1.46 bits per heavy atom. The van der Waals surface area contributed by atoms with Gasteiger partial charge in [0.05, 0.1) is 0 Å². The Morgan fingerprint density at radius 3 is 2.85 bits per heavy atom. The van der Waals surface area contributed by atoms with E-state index >= 15 is 0 Å². The van der Waals surface area contributed by atoms with Crippen LogP contribution in [0.25, 0.3) is 0 Å². The summed E-state index contributed by atoms with van der Waals surface area (Å²) in [6.07, 6.45) is 3.95. The van der Waals surface area contributed by atoms with Crippen LogP contribution in [0.5, 0.6) is 0 Å². The molecule has 0 spiro atoms. The summed E-state index contributed by atoms with van der Waals surface area (Å²) >= 11 is 0. The van der Waals surface area contributed by atoms with Gasteiger partial charge < -0.3 is 5.32 Å². The Kier molecular flexibility index (Phi) is 2.03. The molecule has 13 heavy (non-hydrogen) atoms. The normalized spacial score (nSPS) is 43.3. The molecule has 0 amide bonds. The number of hydrogen-bond acceptors (Lipinski definition) is 1. The van der Waals surface area contributed by atoms with E-state index < -0.39 is 0 Å². The molecule has 2 rings (SSSR count). The van der Waals surface area contributed by atoms with E-state index in [-0.39, 0.29) is 0 Å². The van der Waals surface area contributed by atoms with Crippen LogP contribution in [0.4, 0.5) is 0 Å². The molecule has 0 aromatic rings. The molecule has 3 atom stereocenters. The second-order valence-electron chi connectivity index (χ2n) is 5.39. The standard InChI is InChI=1S/C12H21N/c1-8-5-6-10-7-11(8)9(2)13-12(10,3)4/h9-11,13H,1,5-7H2,2-4H3/t9-,10+,11+/m1/s1. The third kappa shape index (κ3) is 1.43. The zero-order valence-corrected chi connectivity index (χ0v) is 9.06. The van der Waals surface area contributed by atoms with Crippen molar-refractivity contribution in [1.29, 1.82) is 0 Å². The van der Waals surface area contributed by atoms with E-state index in [4.69, 9.17) is 0 Å². The zero-order valence-electron chi connectivity index (χ0n) is 9.06. The van der Waals surface area contributed by atoms with Crippen LogP contribution < -0.4 is 5.32 Å². The lowest BCUT2D eigenvalue weighted by atomic mass is 9.65. The van der Waals surface area contributed by atoms with Crippen molar-refractivity contribution in [3.63, 3.8) is 0 Å². The van der Waals surface area contributed by atoms with Crippen LogP contribution in [0.15, 0.2) is 12.2 Å². The number of nitrogens with one attached hydrogen (secondary N) is 1. The van der Waals surface area contributed by atoms with Crippen molar-refractivity contribution in [1.82, 2.24) is 5.32 Å². The molecule has 0 radical (unpaired) electrons. The first-order valence-electron chi connectivity index (χ1n) is 5.46. The fourth-order valence-electron chi connectivity index (χ4n) is 3.15. The molecule has 1 N–H and O–H groups in total. The molecule has 1 nitrogen and oxygen atoms in total. The number of piperidine rings is 1. The van der Waals surface area contributed by atoms with Crippen molar-refractivity contribution in [2.45, 2.75) is 51.6 Å². The SMILES string of the molecule is C=C1CC[C@H]2C[C@@H]1[C@@H](C)NC2(C)C. The third-order valence-corrected chi connectivity index (χ3v) is 4.10. The summed E-state index contributed by atoms with van der Waals surface area (Å²) in [6.45, 7) is 11.2. The van der Waals surface area contributed by atoms with Crippen LogP contribution in [-0.2, 0) is 0 Å². The van der Waals surface area contributed by atoms with Gasteiger partial charge in [-0.3, -0.25) is 0 Å². The topological polar surface area (TPSA) is 12.0 Å². The maximum atomic E-state index is 4.19. The lowest BCUT2D eigenvalue weighted by molar-refractivity contribution is 0.0964. The van der Waals surface area contributed by atoms with Gasteiger partial charge in [-0.2, -0.15) is 0 Å². The van der Waals surface area contributed by atoms with Crippen molar-refractivity contribution in [3.05, 3.63) is 12.2 Å². The number of rotatable bonds is 0. The van der Waals surface area contributed by atoms with Crippen molar-refractivity contribution in [2.75, 3.05) is 0 Å². The van der Waals surface area contributed by atoms with Gasteiger partial charge in [-0.05, 0) is 51.9 Å². The predicted octanol–water partition coefficient (Wildman–Crippen LogP) is 2.73. The Hall–Kier alpha value is -0.300. The monoisotopic (exact) mass is 179 g/mol. The summed E-state index contributed by atoms with van der Waals surface area (Å²) in [5, 5.41) is 3.73. The highest BCUT2D eigenvalue weighted by atomic mass is 15.0. The third-order valence-electron chi connectivity index (χ3n) is 4.10. The molecule has 1 aliphatic heterocycles. The fourth-order valence-corrected chi connectivity index (χ4v) is 3.15. The first-order chi connectivity index (χ1) is 6.00. The minimum Gasteiger partial charge on any atom is -0.308 e. The summed E-state index contributed by atoms with van der Waals surface area (Å²) in [6, 6.07) is 0.624. The molecule has 1 heteroatoms. The lowest BCUT2D eigenvalue weighted by Gasteiger charge is -2.50. The van der Waals surface area contributed by atoms with Gasteiger partial charge in [0.15, 0.2) is 0 Å². The largest absolute Gasteiger partial charge is 0.308 e. The molecule has 1 saturated carbocycles. The van der Waals surface area contributed by atoms with Crippen molar-refractivity contribution in [3.8, 4) is 0 Å². The Bertz CT molecular complexity index is 229. The molecule has 74 valence electrons. The van der Waals surface area contributed by atoms with E-state index in [2.05, 4.69) is 32.7 Å². The minimum atomic E-state index is 0.344. The summed E-state index contributed by atoms with van der Waals surface area (Å²) in [4.78, 5) is 0. The van der Waals surface area contributed by atoms with Gasteiger partial charge >= 0.3 is 0 Å². The molecule has 0 aromatic heterocycles. The molecule has 0 unspecified atom stereocenters. The maximum absolute atomic E-state index is 4.19. The lowest BCUT2D eigenvalue weighted by Crippen LogP contribution is -2.59. The smallest absolute Gasteiger partial charge is 0.0156 e. The molecule has 1 saturated heterocycles. The van der Waals surface area contributed by atoms with Gasteiger partial charge in [0, 0.05) is 11.6 Å². The van der Waals surface area contributed by atoms with Crippen molar-refractivity contribution >= 4 is 0 Å². The highest BCUT2D eigenvalue weighted by molar-refractivity contribution is 5.14. The highest BCUT2D eigenvalue weighted by Gasteiger charge is 2.42. The fraction of sp³-hybridized carbons (Fsp3) is 0.833. The van der Waals surface area contributed by atoms with Crippen LogP contribution in [0.3, 0.4) is 0 Å². The summed E-state index contributed by atoms with van der Waals surface area (Å²) in [7, 11) is 0. The van der Waals surface area contributed by atoms with E-state index in [0.717, 1.165) is 11.8 Å². The quantitative estimate of drug-likeness (QED) is 0.564. The van der Waals surface area contributed by atoms with Gasteiger partial charge in [0.25, 0.3) is 0 Å². The van der Waals surface area contributed by atoms with Crippen molar-refractivity contribution < 1.29 is 0 Å². The molecule has 0 aromatic carbocycles. The van der Waals surface area contributed by atoms with Gasteiger partial charge in [0.1, 0.15) is 0 Å². The Labute approximate surface area is 81.6 Å². The molecule has 1 aliphatic carbocycles. The maximum Gasteiger partial charge on any atom is 0.0156 e. The summed E-state index contributed by atoms with van der Waals surface area (Å²) in [5.41, 5.74) is 1.82. The first kappa shape index (κ1) is 9.26. The van der Waals surface area contributed by atoms with Gasteiger partial charge in [-0.15, -0.1) is 0 Å². The van der Waals surface area contributed by atoms with Crippen LogP contribution >= 0.6 is 0 Å². The minimum absolute atomic E-state index is 0.344. The van der Waals surface area contributed by atoms with E-state index in [1.807, 2.05) is 0 Å². The van der Waals surface area contributed by atoms with Crippen LogP contribution in [-0.4, -0.2) is 11.6 Å². The van der Waals surface area contributed by atoms with Gasteiger partial charge in [0.2, 0.25) is 0 Å². The average molecular weight is 179 g/mol. The van der Waals surface area contributed by atoms with Gasteiger partial charge in [-0.25, -0.2) is 0 Å². The summed E-state index contributed by atoms with van der Waals surface area (Å²) < 4.78 is 0. The average Bonchev–Trinajstić information content (AvgIpc) is 2.02. The van der Waals surface area contributed by atoms with Crippen LogP contribution in [0.2, 0.25) is 0 Å². The van der Waals surface area contributed by atoms with Crippen LogP contribution in [0, 0.1) is 11.8 Å². The Morgan fingerprint density at radius 2 is 2.15 bits per heavy atom. The van der Waals surface area contributed by atoms with E-state index in [1.54, 1.807) is 0 Å². The zero-order chi connectivity index (χ0) is 9.64. The van der Waals surface area contributed by atoms with E-state index in [0.29, 0.717) is 11.6 Å². The number of fused-ring (bicyclic) bond motifs is 2.